The number of pyridine rings is 1. The fourth-order valence-corrected chi connectivity index (χ4v) is 3.19. The standard InChI is InChI=1S/C18H33N3/c1-7-13-19-17(16-12-11-15(5)20-14-16)18(6,8-2)21(9-3)10-4/h11-12,14,17,19H,7-10,13H2,1-6H3. The molecule has 0 amide bonds. The Labute approximate surface area is 131 Å². The Bertz CT molecular complexity index is 397. The molecule has 2 atom stereocenters. The minimum Gasteiger partial charge on any atom is -0.308 e. The number of likely N-dealkylation sites (N-methyl/N-ethyl adjacent to an activating group) is 1. The average molecular weight is 291 g/mol. The highest BCUT2D eigenvalue weighted by molar-refractivity contribution is 5.22. The summed E-state index contributed by atoms with van der Waals surface area (Å²) in [5, 5.41) is 3.76. The van der Waals surface area contributed by atoms with Gasteiger partial charge in [-0.3, -0.25) is 9.88 Å². The Kier molecular flexibility index (Phi) is 7.33. The van der Waals surface area contributed by atoms with Crippen molar-refractivity contribution in [1.82, 2.24) is 15.2 Å². The van der Waals surface area contributed by atoms with Gasteiger partial charge in [0.2, 0.25) is 0 Å². The number of aromatic nitrogens is 1. The minimum absolute atomic E-state index is 0.107. The molecular formula is C18H33N3. The van der Waals surface area contributed by atoms with Gasteiger partial charge in [-0.25, -0.2) is 0 Å². The molecule has 0 spiro atoms. The monoisotopic (exact) mass is 291 g/mol. The molecule has 0 aliphatic heterocycles. The van der Waals surface area contributed by atoms with Crippen molar-refractivity contribution in [2.45, 2.75) is 66.0 Å². The zero-order valence-electron chi connectivity index (χ0n) is 14.7. The van der Waals surface area contributed by atoms with Crippen LogP contribution in [0.1, 0.15) is 64.8 Å². The van der Waals surface area contributed by atoms with Crippen LogP contribution in [0.15, 0.2) is 18.3 Å². The van der Waals surface area contributed by atoms with Crippen molar-refractivity contribution in [3.05, 3.63) is 29.6 Å². The third kappa shape index (κ3) is 4.27. The van der Waals surface area contributed by atoms with E-state index in [-0.39, 0.29) is 5.54 Å². The minimum atomic E-state index is 0.107. The fourth-order valence-electron chi connectivity index (χ4n) is 3.19. The van der Waals surface area contributed by atoms with Gasteiger partial charge in [-0.1, -0.05) is 33.8 Å². The van der Waals surface area contributed by atoms with E-state index in [1.807, 2.05) is 13.1 Å². The molecule has 0 saturated carbocycles. The van der Waals surface area contributed by atoms with Crippen LogP contribution < -0.4 is 5.32 Å². The first-order chi connectivity index (χ1) is 10.0. The van der Waals surface area contributed by atoms with E-state index in [0.717, 1.165) is 38.2 Å². The predicted molar refractivity (Wildman–Crippen MR) is 91.6 cm³/mol. The highest BCUT2D eigenvalue weighted by Gasteiger charge is 2.37. The molecule has 0 saturated heterocycles. The average Bonchev–Trinajstić information content (AvgIpc) is 2.50. The lowest BCUT2D eigenvalue weighted by Crippen LogP contribution is -2.54. The molecule has 1 rings (SSSR count). The summed E-state index contributed by atoms with van der Waals surface area (Å²) in [5.74, 6) is 0. The third-order valence-corrected chi connectivity index (χ3v) is 4.69. The summed E-state index contributed by atoms with van der Waals surface area (Å²) >= 11 is 0. The van der Waals surface area contributed by atoms with Crippen molar-refractivity contribution in [3.63, 3.8) is 0 Å². The van der Waals surface area contributed by atoms with Crippen molar-refractivity contribution in [2.24, 2.45) is 0 Å². The Balaban J connectivity index is 3.17. The third-order valence-electron chi connectivity index (χ3n) is 4.69. The molecule has 3 nitrogen and oxygen atoms in total. The van der Waals surface area contributed by atoms with Crippen LogP contribution in [0.25, 0.3) is 0 Å². The summed E-state index contributed by atoms with van der Waals surface area (Å²) < 4.78 is 0. The molecule has 120 valence electrons. The molecule has 1 heterocycles. The van der Waals surface area contributed by atoms with E-state index in [0.29, 0.717) is 6.04 Å². The first-order valence-electron chi connectivity index (χ1n) is 8.44. The van der Waals surface area contributed by atoms with Crippen molar-refractivity contribution >= 4 is 0 Å². The van der Waals surface area contributed by atoms with Crippen LogP contribution >= 0.6 is 0 Å². The quantitative estimate of drug-likeness (QED) is 0.747. The Morgan fingerprint density at radius 1 is 1.19 bits per heavy atom. The number of nitrogens with one attached hydrogen (secondary N) is 1. The van der Waals surface area contributed by atoms with Gasteiger partial charge in [-0.2, -0.15) is 0 Å². The van der Waals surface area contributed by atoms with Crippen molar-refractivity contribution in [3.8, 4) is 0 Å². The van der Waals surface area contributed by atoms with E-state index in [4.69, 9.17) is 0 Å². The van der Waals surface area contributed by atoms with Crippen LogP contribution in [0.2, 0.25) is 0 Å². The Morgan fingerprint density at radius 3 is 2.29 bits per heavy atom. The molecule has 0 aromatic carbocycles. The van der Waals surface area contributed by atoms with E-state index in [1.165, 1.54) is 5.56 Å². The van der Waals surface area contributed by atoms with Gasteiger partial charge < -0.3 is 5.32 Å². The van der Waals surface area contributed by atoms with Crippen LogP contribution in [-0.4, -0.2) is 35.1 Å². The summed E-state index contributed by atoms with van der Waals surface area (Å²) in [6.45, 7) is 16.6. The summed E-state index contributed by atoms with van der Waals surface area (Å²) in [5.41, 5.74) is 2.48. The molecule has 3 heteroatoms. The van der Waals surface area contributed by atoms with Crippen LogP contribution in [0.4, 0.5) is 0 Å². The molecule has 0 aliphatic carbocycles. The van der Waals surface area contributed by atoms with Gasteiger partial charge in [0.15, 0.2) is 0 Å². The van der Waals surface area contributed by atoms with Crippen molar-refractivity contribution in [1.29, 1.82) is 0 Å². The van der Waals surface area contributed by atoms with Crippen LogP contribution in [-0.2, 0) is 0 Å². The van der Waals surface area contributed by atoms with Gasteiger partial charge in [0.25, 0.3) is 0 Å². The largest absolute Gasteiger partial charge is 0.308 e. The second kappa shape index (κ2) is 8.50. The summed E-state index contributed by atoms with van der Waals surface area (Å²) in [4.78, 5) is 7.08. The highest BCUT2D eigenvalue weighted by atomic mass is 15.2. The van der Waals surface area contributed by atoms with Gasteiger partial charge >= 0.3 is 0 Å². The van der Waals surface area contributed by atoms with Gasteiger partial charge in [-0.15, -0.1) is 0 Å². The normalized spacial score (nSPS) is 16.0. The molecule has 0 bridgehead atoms. The molecule has 0 fully saturated rings. The first kappa shape index (κ1) is 18.1. The maximum atomic E-state index is 4.51. The van der Waals surface area contributed by atoms with Gasteiger partial charge in [0.1, 0.15) is 0 Å². The lowest BCUT2D eigenvalue weighted by molar-refractivity contribution is 0.0697. The topological polar surface area (TPSA) is 28.2 Å². The lowest BCUT2D eigenvalue weighted by atomic mass is 9.83. The van der Waals surface area contributed by atoms with Crippen molar-refractivity contribution < 1.29 is 0 Å². The Morgan fingerprint density at radius 2 is 1.86 bits per heavy atom. The number of hydrogen-bond donors (Lipinski definition) is 1. The van der Waals surface area contributed by atoms with Gasteiger partial charge in [0, 0.05) is 17.4 Å². The molecule has 0 aliphatic rings. The molecule has 0 radical (unpaired) electrons. The molecule has 21 heavy (non-hydrogen) atoms. The Hall–Kier alpha value is -0.930. The SMILES string of the molecule is CCCNC(c1ccc(C)nc1)C(C)(CC)N(CC)CC. The van der Waals surface area contributed by atoms with Gasteiger partial charge in [-0.05, 0) is 58.0 Å². The lowest BCUT2D eigenvalue weighted by Gasteiger charge is -2.46. The maximum Gasteiger partial charge on any atom is 0.0519 e. The van der Waals surface area contributed by atoms with E-state index in [2.05, 4.69) is 62.0 Å². The van der Waals surface area contributed by atoms with Crippen molar-refractivity contribution in [2.75, 3.05) is 19.6 Å². The van der Waals surface area contributed by atoms with Crippen LogP contribution in [0.5, 0.6) is 0 Å². The molecule has 2 unspecified atom stereocenters. The summed E-state index contributed by atoms with van der Waals surface area (Å²) in [6.07, 6.45) is 4.30. The molecular weight excluding hydrogens is 258 g/mol. The number of rotatable bonds is 9. The fraction of sp³-hybridized carbons (Fsp3) is 0.722. The number of aryl methyl sites for hydroxylation is 1. The maximum absolute atomic E-state index is 4.51. The molecule has 1 N–H and O–H groups in total. The second-order valence-corrected chi connectivity index (χ2v) is 6.00. The van der Waals surface area contributed by atoms with E-state index < -0.39 is 0 Å². The highest BCUT2D eigenvalue weighted by Crippen LogP contribution is 2.34. The smallest absolute Gasteiger partial charge is 0.0519 e. The van der Waals surface area contributed by atoms with Crippen LogP contribution in [0, 0.1) is 6.92 Å². The van der Waals surface area contributed by atoms with Crippen LogP contribution in [0.3, 0.4) is 0 Å². The number of nitrogens with zero attached hydrogens (tertiary/aromatic N) is 2. The van der Waals surface area contributed by atoms with E-state index in [9.17, 15) is 0 Å². The molecule has 1 aromatic heterocycles. The number of hydrogen-bond acceptors (Lipinski definition) is 3. The first-order valence-corrected chi connectivity index (χ1v) is 8.44. The second-order valence-electron chi connectivity index (χ2n) is 6.00. The van der Waals surface area contributed by atoms with E-state index >= 15 is 0 Å². The zero-order chi connectivity index (χ0) is 15.9. The van der Waals surface area contributed by atoms with E-state index in [1.54, 1.807) is 0 Å². The summed E-state index contributed by atoms with van der Waals surface area (Å²) in [7, 11) is 0. The zero-order valence-corrected chi connectivity index (χ0v) is 14.7. The molecule has 1 aromatic rings. The summed E-state index contributed by atoms with van der Waals surface area (Å²) in [6, 6.07) is 4.66. The van der Waals surface area contributed by atoms with Gasteiger partial charge in [0.05, 0.1) is 6.04 Å². The predicted octanol–water partition coefficient (Wildman–Crippen LogP) is 3.94.